The minimum absolute atomic E-state index is 0.0154. The quantitative estimate of drug-likeness (QED) is 0.727. The lowest BCUT2D eigenvalue weighted by molar-refractivity contribution is -0.473. The van der Waals surface area contributed by atoms with Crippen LogP contribution < -0.4 is 0 Å². The zero-order chi connectivity index (χ0) is 17.1. The molecule has 5 nitrogen and oxygen atoms in total. The van der Waals surface area contributed by atoms with Gasteiger partial charge in [-0.05, 0) is 51.4 Å². The van der Waals surface area contributed by atoms with Crippen molar-refractivity contribution in [1.29, 1.82) is 0 Å². The van der Waals surface area contributed by atoms with Crippen molar-refractivity contribution >= 4 is 11.7 Å². The highest BCUT2D eigenvalue weighted by molar-refractivity contribution is 5.85. The summed E-state index contributed by atoms with van der Waals surface area (Å²) in [5.41, 5.74) is -0.619. The molecule has 3 saturated heterocycles. The van der Waals surface area contributed by atoms with E-state index in [1.807, 2.05) is 0 Å². The van der Waals surface area contributed by atoms with Crippen molar-refractivity contribution in [2.45, 2.75) is 77.1 Å². The van der Waals surface area contributed by atoms with E-state index in [0.717, 1.165) is 31.6 Å². The lowest BCUT2D eigenvalue weighted by atomic mass is 9.56. The Balaban J connectivity index is 1.75. The molecule has 3 unspecified atom stereocenters. The Kier molecular flexibility index (Phi) is 3.81. The Morgan fingerprint density at radius 1 is 1.21 bits per heavy atom. The highest BCUT2D eigenvalue weighted by Crippen LogP contribution is 2.60. The lowest BCUT2D eigenvalue weighted by Crippen LogP contribution is -2.68. The molecule has 0 amide bonds. The maximum Gasteiger partial charge on any atom is 0.187 e. The molecule has 2 bridgehead atoms. The summed E-state index contributed by atoms with van der Waals surface area (Å²) in [5.74, 6) is 2.44. The molecule has 1 spiro atoms. The first kappa shape index (κ1) is 16.5. The lowest BCUT2D eigenvalue weighted by Gasteiger charge is -2.59. The molecule has 3 heterocycles. The molecule has 3 aliphatic heterocycles. The number of hydrogen-bond acceptors (Lipinski definition) is 5. The van der Waals surface area contributed by atoms with Crippen molar-refractivity contribution in [1.82, 2.24) is 0 Å². The second-order valence-electron chi connectivity index (χ2n) is 8.73. The first-order valence-corrected chi connectivity index (χ1v) is 9.43. The van der Waals surface area contributed by atoms with Crippen molar-refractivity contribution < 1.29 is 19.3 Å². The van der Waals surface area contributed by atoms with Crippen LogP contribution in [0.2, 0.25) is 0 Å². The number of nitrogens with zero attached hydrogens (tertiary/aromatic N) is 1. The number of aliphatic imine (C=N–C) groups is 1. The van der Waals surface area contributed by atoms with Gasteiger partial charge in [0, 0.05) is 18.3 Å². The molecule has 5 fully saturated rings. The molecule has 2 saturated carbocycles. The van der Waals surface area contributed by atoms with Crippen LogP contribution >= 0.6 is 0 Å². The molecule has 5 rings (SSSR count). The monoisotopic (exact) mass is 335 g/mol. The molecular formula is C19H29NO4. The minimum atomic E-state index is -0.345. The highest BCUT2D eigenvalue weighted by atomic mass is 17.2. The fourth-order valence-electron chi connectivity index (χ4n) is 5.69. The van der Waals surface area contributed by atoms with E-state index < -0.39 is 0 Å². The number of fused-ring (bicyclic) bond motifs is 2. The molecule has 134 valence electrons. The van der Waals surface area contributed by atoms with Gasteiger partial charge in [0.1, 0.15) is 23.9 Å². The summed E-state index contributed by atoms with van der Waals surface area (Å²) < 4.78 is 6.40. The number of ketones is 1. The van der Waals surface area contributed by atoms with E-state index in [4.69, 9.17) is 14.5 Å². The van der Waals surface area contributed by atoms with Crippen LogP contribution in [0.1, 0.15) is 59.8 Å². The Morgan fingerprint density at radius 3 is 2.75 bits per heavy atom. The van der Waals surface area contributed by atoms with E-state index in [0.29, 0.717) is 17.8 Å². The van der Waals surface area contributed by atoms with Crippen molar-refractivity contribution in [2.75, 3.05) is 6.54 Å². The van der Waals surface area contributed by atoms with Crippen molar-refractivity contribution in [3.63, 3.8) is 0 Å². The standard InChI is InChI=1S/C19H29NO4/c1-11-5-6-15-13(3)17(20-10-12(2)21)22-16-9-18(4)8-7-14(11)19(15,16)24-23-18/h11,13-16H,5-10H2,1-4H3/t11-,13-,14?,15?,16-,18-,19?/m1/s1. The predicted molar refractivity (Wildman–Crippen MR) is 89.6 cm³/mol. The van der Waals surface area contributed by atoms with Gasteiger partial charge in [0.25, 0.3) is 0 Å². The molecule has 0 N–H and O–H groups in total. The zero-order valence-corrected chi connectivity index (χ0v) is 15.2. The van der Waals surface area contributed by atoms with Gasteiger partial charge < -0.3 is 4.74 Å². The van der Waals surface area contributed by atoms with E-state index in [1.165, 1.54) is 6.42 Å². The Morgan fingerprint density at radius 2 is 2.00 bits per heavy atom. The molecule has 0 aromatic carbocycles. The second-order valence-corrected chi connectivity index (χ2v) is 8.73. The highest BCUT2D eigenvalue weighted by Gasteiger charge is 2.68. The topological polar surface area (TPSA) is 57.1 Å². The summed E-state index contributed by atoms with van der Waals surface area (Å²) in [4.78, 5) is 28.0. The van der Waals surface area contributed by atoms with Gasteiger partial charge in [-0.15, -0.1) is 0 Å². The normalized spacial score (nSPS) is 51.7. The van der Waals surface area contributed by atoms with Gasteiger partial charge in [-0.2, -0.15) is 0 Å². The van der Waals surface area contributed by atoms with Gasteiger partial charge >= 0.3 is 0 Å². The smallest absolute Gasteiger partial charge is 0.187 e. The van der Waals surface area contributed by atoms with Crippen molar-refractivity contribution in [3.05, 3.63) is 0 Å². The summed E-state index contributed by atoms with van der Waals surface area (Å²) >= 11 is 0. The van der Waals surface area contributed by atoms with Crippen molar-refractivity contribution in [3.8, 4) is 0 Å². The summed E-state index contributed by atoms with van der Waals surface area (Å²) in [5, 5.41) is 0. The third-order valence-corrected chi connectivity index (χ3v) is 6.98. The van der Waals surface area contributed by atoms with Crippen molar-refractivity contribution in [2.24, 2.45) is 28.7 Å². The SMILES string of the molecule is CC(=O)CN=C1O[C@@H]2C[C@@]3(C)CCC4[C@H](C)CCC([C@H]1C)C42OO3. The van der Waals surface area contributed by atoms with Crippen LogP contribution in [0.3, 0.4) is 0 Å². The molecule has 5 aliphatic rings. The van der Waals surface area contributed by atoms with Crippen LogP contribution in [-0.4, -0.2) is 35.5 Å². The first-order valence-electron chi connectivity index (χ1n) is 9.43. The first-order chi connectivity index (χ1) is 11.4. The van der Waals surface area contributed by atoms with Crippen LogP contribution in [0.4, 0.5) is 0 Å². The van der Waals surface area contributed by atoms with Crippen LogP contribution in [-0.2, 0) is 19.3 Å². The summed E-state index contributed by atoms with van der Waals surface area (Å²) in [6.07, 6.45) is 5.31. The molecule has 5 heteroatoms. The average molecular weight is 335 g/mol. The van der Waals surface area contributed by atoms with E-state index >= 15 is 0 Å². The Labute approximate surface area is 144 Å². The summed E-state index contributed by atoms with van der Waals surface area (Å²) in [6, 6.07) is 0. The second kappa shape index (κ2) is 5.53. The van der Waals surface area contributed by atoms with E-state index in [9.17, 15) is 4.79 Å². The number of carbonyl (C=O) groups is 1. The molecule has 2 aliphatic carbocycles. The van der Waals surface area contributed by atoms with Gasteiger partial charge in [-0.1, -0.05) is 13.8 Å². The van der Waals surface area contributed by atoms with Gasteiger partial charge in [-0.25, -0.2) is 14.8 Å². The fourth-order valence-corrected chi connectivity index (χ4v) is 5.69. The number of carbonyl (C=O) groups excluding carboxylic acids is 1. The predicted octanol–water partition coefficient (Wildman–Crippen LogP) is 3.31. The average Bonchev–Trinajstić information content (AvgIpc) is 2.76. The third kappa shape index (κ3) is 2.27. The van der Waals surface area contributed by atoms with E-state index in [2.05, 4.69) is 25.8 Å². The van der Waals surface area contributed by atoms with Crippen LogP contribution in [0, 0.1) is 23.7 Å². The third-order valence-electron chi connectivity index (χ3n) is 6.98. The van der Waals surface area contributed by atoms with Crippen LogP contribution in [0.15, 0.2) is 4.99 Å². The maximum atomic E-state index is 11.4. The number of ether oxygens (including phenoxy) is 1. The van der Waals surface area contributed by atoms with Gasteiger partial charge in [-0.3, -0.25) is 4.79 Å². The largest absolute Gasteiger partial charge is 0.474 e. The van der Waals surface area contributed by atoms with Gasteiger partial charge in [0.05, 0.1) is 0 Å². The maximum absolute atomic E-state index is 11.4. The van der Waals surface area contributed by atoms with Crippen LogP contribution in [0.25, 0.3) is 0 Å². The van der Waals surface area contributed by atoms with Gasteiger partial charge in [0.15, 0.2) is 11.7 Å². The zero-order valence-electron chi connectivity index (χ0n) is 15.2. The summed E-state index contributed by atoms with van der Waals surface area (Å²) in [6.45, 7) is 8.43. The Bertz CT molecular complexity index is 576. The summed E-state index contributed by atoms with van der Waals surface area (Å²) in [7, 11) is 0. The molecule has 24 heavy (non-hydrogen) atoms. The van der Waals surface area contributed by atoms with E-state index in [-0.39, 0.29) is 35.6 Å². The molecular weight excluding hydrogens is 306 g/mol. The molecule has 7 atom stereocenters. The number of Topliss-reactive ketones (excluding diaryl/α,β-unsaturated/α-hetero) is 1. The molecule has 0 aromatic rings. The fraction of sp³-hybridized carbons (Fsp3) is 0.895. The van der Waals surface area contributed by atoms with Crippen LogP contribution in [0.5, 0.6) is 0 Å². The minimum Gasteiger partial charge on any atom is -0.474 e. The van der Waals surface area contributed by atoms with Gasteiger partial charge in [0.2, 0.25) is 0 Å². The number of hydrogen-bond donors (Lipinski definition) is 0. The van der Waals surface area contributed by atoms with E-state index in [1.54, 1.807) is 6.92 Å². The molecule has 0 radical (unpaired) electrons. The number of rotatable bonds is 2. The molecule has 0 aromatic heterocycles. The Hall–Kier alpha value is -0.940.